The number of likely N-dealkylation sites (tertiary alicyclic amines) is 1. The van der Waals surface area contributed by atoms with Gasteiger partial charge < -0.3 is 15.2 Å². The van der Waals surface area contributed by atoms with Gasteiger partial charge in [0.1, 0.15) is 11.9 Å². The summed E-state index contributed by atoms with van der Waals surface area (Å²) in [7, 11) is 0. The van der Waals surface area contributed by atoms with Crippen molar-refractivity contribution in [1.29, 1.82) is 5.26 Å². The number of nitrogens with zero attached hydrogens (tertiary/aromatic N) is 3. The van der Waals surface area contributed by atoms with Gasteiger partial charge in [0.05, 0.1) is 23.7 Å². The van der Waals surface area contributed by atoms with E-state index in [9.17, 15) is 19.2 Å². The van der Waals surface area contributed by atoms with Crippen molar-refractivity contribution in [2.24, 2.45) is 5.73 Å². The van der Waals surface area contributed by atoms with Crippen LogP contribution in [0.2, 0.25) is 0 Å². The van der Waals surface area contributed by atoms with E-state index >= 15 is 0 Å². The lowest BCUT2D eigenvalue weighted by molar-refractivity contribution is 0.0773. The molecule has 1 saturated heterocycles. The first-order chi connectivity index (χ1) is 14.0. The molecule has 1 aromatic heterocycles. The van der Waals surface area contributed by atoms with E-state index in [0.717, 1.165) is 16.5 Å². The summed E-state index contributed by atoms with van der Waals surface area (Å²) in [5, 5.41) is 10.1. The van der Waals surface area contributed by atoms with Crippen LogP contribution in [-0.4, -0.2) is 40.5 Å². The Hall–Kier alpha value is -3.66. The van der Waals surface area contributed by atoms with Crippen LogP contribution >= 0.6 is 0 Å². The van der Waals surface area contributed by atoms with Gasteiger partial charge in [-0.25, -0.2) is 4.39 Å². The highest BCUT2D eigenvalue weighted by Gasteiger charge is 2.29. The molecule has 6 nitrogen and oxygen atoms in total. The van der Waals surface area contributed by atoms with Crippen molar-refractivity contribution in [2.45, 2.75) is 19.1 Å². The summed E-state index contributed by atoms with van der Waals surface area (Å²) in [5.74, 6) is -0.774. The van der Waals surface area contributed by atoms with Crippen molar-refractivity contribution in [2.75, 3.05) is 13.1 Å². The van der Waals surface area contributed by atoms with Gasteiger partial charge in [0.15, 0.2) is 0 Å². The number of primary amides is 1. The molecule has 1 aliphatic heterocycles. The lowest BCUT2D eigenvalue weighted by atomic mass is 10.1. The first-order valence-electron chi connectivity index (χ1n) is 9.32. The highest BCUT2D eigenvalue weighted by molar-refractivity contribution is 5.99. The third kappa shape index (κ3) is 3.57. The van der Waals surface area contributed by atoms with Crippen LogP contribution in [0.25, 0.3) is 10.9 Å². The molecule has 2 amide bonds. The SMILES string of the molecule is N#Cc1ccc2cc(C(=O)N3CCC(F)C3)n(Cc3cccc(C(N)=O)c3)c2c1. The number of benzene rings is 2. The Bertz CT molecular complexity index is 1160. The Morgan fingerprint density at radius 3 is 2.72 bits per heavy atom. The number of rotatable bonds is 4. The van der Waals surface area contributed by atoms with Crippen molar-refractivity contribution in [3.8, 4) is 6.07 Å². The molecule has 1 aliphatic rings. The lowest BCUT2D eigenvalue weighted by Crippen LogP contribution is -2.30. The van der Waals surface area contributed by atoms with Crippen LogP contribution < -0.4 is 5.73 Å². The fourth-order valence-electron chi connectivity index (χ4n) is 3.74. The molecule has 0 aliphatic carbocycles. The second-order valence-corrected chi connectivity index (χ2v) is 7.20. The third-order valence-corrected chi connectivity index (χ3v) is 5.22. The molecule has 0 radical (unpaired) electrons. The number of alkyl halides is 1. The third-order valence-electron chi connectivity index (χ3n) is 5.22. The zero-order chi connectivity index (χ0) is 20.5. The summed E-state index contributed by atoms with van der Waals surface area (Å²) in [6.45, 7) is 0.774. The van der Waals surface area contributed by atoms with Crippen molar-refractivity contribution in [3.63, 3.8) is 0 Å². The van der Waals surface area contributed by atoms with Crippen molar-refractivity contribution < 1.29 is 14.0 Å². The Labute approximate surface area is 166 Å². The first kappa shape index (κ1) is 18.7. The van der Waals surface area contributed by atoms with Gasteiger partial charge in [-0.15, -0.1) is 0 Å². The molecule has 29 heavy (non-hydrogen) atoms. The summed E-state index contributed by atoms with van der Waals surface area (Å²) in [6.07, 6.45) is -0.667. The maximum absolute atomic E-state index is 13.6. The lowest BCUT2D eigenvalue weighted by Gasteiger charge is -2.17. The maximum atomic E-state index is 13.6. The molecule has 2 N–H and O–H groups in total. The fraction of sp³-hybridized carbons (Fsp3) is 0.227. The summed E-state index contributed by atoms with van der Waals surface area (Å²) in [6, 6.07) is 16.0. The monoisotopic (exact) mass is 390 g/mol. The molecule has 1 fully saturated rings. The van der Waals surface area contributed by atoms with Crippen molar-refractivity contribution in [1.82, 2.24) is 9.47 Å². The van der Waals surface area contributed by atoms with E-state index < -0.39 is 12.1 Å². The summed E-state index contributed by atoms with van der Waals surface area (Å²) >= 11 is 0. The zero-order valence-corrected chi connectivity index (χ0v) is 15.6. The fourth-order valence-corrected chi connectivity index (χ4v) is 3.74. The number of amides is 2. The van der Waals surface area contributed by atoms with E-state index in [2.05, 4.69) is 6.07 Å². The minimum Gasteiger partial charge on any atom is -0.366 e. The molecular formula is C22H19FN4O2. The average molecular weight is 390 g/mol. The molecule has 146 valence electrons. The quantitative estimate of drug-likeness (QED) is 0.742. The molecule has 0 bridgehead atoms. The van der Waals surface area contributed by atoms with E-state index in [1.54, 1.807) is 42.5 Å². The van der Waals surface area contributed by atoms with E-state index in [4.69, 9.17) is 5.73 Å². The van der Waals surface area contributed by atoms with Crippen LogP contribution in [0.1, 0.15) is 38.4 Å². The van der Waals surface area contributed by atoms with Gasteiger partial charge in [0, 0.05) is 24.0 Å². The Balaban J connectivity index is 1.81. The number of carbonyl (C=O) groups excluding carboxylic acids is 2. The number of fused-ring (bicyclic) bond motifs is 1. The Morgan fingerprint density at radius 1 is 1.21 bits per heavy atom. The minimum atomic E-state index is -1.01. The number of hydrogen-bond donors (Lipinski definition) is 1. The highest BCUT2D eigenvalue weighted by atomic mass is 19.1. The average Bonchev–Trinajstić information content (AvgIpc) is 3.31. The maximum Gasteiger partial charge on any atom is 0.270 e. The van der Waals surface area contributed by atoms with Crippen molar-refractivity contribution in [3.05, 3.63) is 70.9 Å². The van der Waals surface area contributed by atoms with E-state index in [1.165, 1.54) is 4.90 Å². The Morgan fingerprint density at radius 2 is 2.03 bits per heavy atom. The molecule has 2 aromatic carbocycles. The smallest absolute Gasteiger partial charge is 0.270 e. The first-order valence-corrected chi connectivity index (χ1v) is 9.32. The molecule has 1 unspecified atom stereocenters. The van der Waals surface area contributed by atoms with Crippen LogP contribution in [0.4, 0.5) is 4.39 Å². The second-order valence-electron chi connectivity index (χ2n) is 7.20. The van der Waals surface area contributed by atoms with Gasteiger partial charge in [-0.05, 0) is 42.3 Å². The van der Waals surface area contributed by atoms with Crippen LogP contribution in [-0.2, 0) is 6.54 Å². The van der Waals surface area contributed by atoms with Gasteiger partial charge in [0.25, 0.3) is 5.91 Å². The molecule has 7 heteroatoms. The minimum absolute atomic E-state index is 0.0843. The summed E-state index contributed by atoms with van der Waals surface area (Å²) < 4.78 is 15.4. The normalized spacial score (nSPS) is 16.1. The number of carbonyl (C=O) groups is 2. The largest absolute Gasteiger partial charge is 0.366 e. The van der Waals surface area contributed by atoms with E-state index in [0.29, 0.717) is 36.3 Å². The van der Waals surface area contributed by atoms with Gasteiger partial charge in [0.2, 0.25) is 5.91 Å². The summed E-state index contributed by atoms with van der Waals surface area (Å²) in [4.78, 5) is 26.1. The molecule has 2 heterocycles. The molecule has 1 atom stereocenters. The van der Waals surface area contributed by atoms with Gasteiger partial charge in [-0.3, -0.25) is 9.59 Å². The molecule has 3 aromatic rings. The zero-order valence-electron chi connectivity index (χ0n) is 15.6. The standard InChI is InChI=1S/C22H19FN4O2/c23-18-6-7-26(13-18)22(29)20-10-16-5-4-14(11-24)9-19(16)27(20)12-15-2-1-3-17(8-15)21(25)28/h1-5,8-10,18H,6-7,12-13H2,(H2,25,28). The number of halogens is 1. The van der Waals surface area contributed by atoms with E-state index in [-0.39, 0.29) is 12.5 Å². The topological polar surface area (TPSA) is 92.1 Å². The number of hydrogen-bond acceptors (Lipinski definition) is 3. The molecule has 0 saturated carbocycles. The van der Waals surface area contributed by atoms with Gasteiger partial charge in [-0.1, -0.05) is 18.2 Å². The van der Waals surface area contributed by atoms with Gasteiger partial charge in [-0.2, -0.15) is 5.26 Å². The molecule has 4 rings (SSSR count). The molecule has 0 spiro atoms. The number of nitriles is 1. The highest BCUT2D eigenvalue weighted by Crippen LogP contribution is 2.25. The number of aromatic nitrogens is 1. The summed E-state index contributed by atoms with van der Waals surface area (Å²) in [5.41, 5.74) is 8.18. The Kier molecular flexibility index (Phi) is 4.77. The van der Waals surface area contributed by atoms with Crippen LogP contribution in [0.5, 0.6) is 0 Å². The number of nitrogens with two attached hydrogens (primary N) is 1. The van der Waals surface area contributed by atoms with Crippen LogP contribution in [0, 0.1) is 11.3 Å². The predicted octanol–water partition coefficient (Wildman–Crippen LogP) is 2.84. The predicted molar refractivity (Wildman–Crippen MR) is 106 cm³/mol. The molecular weight excluding hydrogens is 371 g/mol. The second kappa shape index (κ2) is 7.40. The van der Waals surface area contributed by atoms with Crippen LogP contribution in [0.3, 0.4) is 0 Å². The van der Waals surface area contributed by atoms with Crippen molar-refractivity contribution >= 4 is 22.7 Å². The van der Waals surface area contributed by atoms with E-state index in [1.807, 2.05) is 10.6 Å². The van der Waals surface area contributed by atoms with Gasteiger partial charge >= 0.3 is 0 Å². The van der Waals surface area contributed by atoms with Crippen LogP contribution in [0.15, 0.2) is 48.5 Å².